The summed E-state index contributed by atoms with van der Waals surface area (Å²) in [7, 11) is 0. The minimum Gasteiger partial charge on any atom is -0.354 e. The molecule has 2 aromatic rings. The second-order valence-corrected chi connectivity index (χ2v) is 6.62. The van der Waals surface area contributed by atoms with Crippen LogP contribution in [0, 0.1) is 0 Å². The average molecular weight is 408 g/mol. The van der Waals surface area contributed by atoms with Crippen molar-refractivity contribution in [2.45, 2.75) is 18.6 Å². The molecule has 1 aliphatic heterocycles. The van der Waals surface area contributed by atoms with Crippen LogP contribution < -0.4 is 16.0 Å². The van der Waals surface area contributed by atoms with Crippen molar-refractivity contribution in [1.82, 2.24) is 21.0 Å². The Morgan fingerprint density at radius 2 is 2.07 bits per heavy atom. The highest BCUT2D eigenvalue weighted by Crippen LogP contribution is 2.27. The van der Waals surface area contributed by atoms with Crippen LogP contribution in [-0.2, 0) is 0 Å². The smallest absolute Gasteiger partial charge is 0.354 e. The molecule has 6 nitrogen and oxygen atoms in total. The lowest BCUT2D eigenvalue weighted by molar-refractivity contribution is -0.139. The molecule has 1 aliphatic rings. The fourth-order valence-corrected chi connectivity index (χ4v) is 3.18. The Kier molecular flexibility index (Phi) is 5.83. The summed E-state index contributed by atoms with van der Waals surface area (Å²) >= 11 is 0. The zero-order valence-corrected chi connectivity index (χ0v) is 15.3. The van der Waals surface area contributed by atoms with E-state index in [1.165, 1.54) is 30.5 Å². The van der Waals surface area contributed by atoms with E-state index in [4.69, 9.17) is 5.73 Å². The molecule has 0 spiro atoms. The van der Waals surface area contributed by atoms with Gasteiger partial charge in [0, 0.05) is 37.4 Å². The monoisotopic (exact) mass is 408 g/mol. The highest BCUT2D eigenvalue weighted by atomic mass is 19.4. The Bertz CT molecular complexity index is 931. The molecular formula is C19H18F4N5O. The average Bonchev–Trinajstić information content (AvgIpc) is 2.66. The summed E-state index contributed by atoms with van der Waals surface area (Å²) in [4.78, 5) is 22.4. The Balaban J connectivity index is 1.94. The topological polar surface area (TPSA) is 81.9 Å². The fraction of sp³-hybridized carbons (Fsp3) is 0.316. The summed E-state index contributed by atoms with van der Waals surface area (Å²) < 4.78 is 52.0. The van der Waals surface area contributed by atoms with E-state index in [1.54, 1.807) is 4.90 Å². The fourth-order valence-electron chi connectivity index (χ4n) is 3.18. The summed E-state index contributed by atoms with van der Waals surface area (Å²) in [5.41, 5.74) is 7.33. The normalized spacial score (nSPS) is 17.2. The molecular weight excluding hydrogens is 390 g/mol. The maximum absolute atomic E-state index is 13.9. The third-order valence-electron chi connectivity index (χ3n) is 4.50. The molecule has 1 saturated heterocycles. The Labute approximate surface area is 164 Å². The van der Waals surface area contributed by atoms with Gasteiger partial charge in [-0.05, 0) is 24.3 Å². The molecule has 0 saturated carbocycles. The van der Waals surface area contributed by atoms with Gasteiger partial charge in [0.1, 0.15) is 17.3 Å². The summed E-state index contributed by atoms with van der Waals surface area (Å²) in [5.74, 6) is -1.62. The Morgan fingerprint density at radius 1 is 1.31 bits per heavy atom. The van der Waals surface area contributed by atoms with Gasteiger partial charge < -0.3 is 10.2 Å². The van der Waals surface area contributed by atoms with Gasteiger partial charge in [-0.1, -0.05) is 6.58 Å². The van der Waals surface area contributed by atoms with Crippen LogP contribution in [0.3, 0.4) is 0 Å². The van der Waals surface area contributed by atoms with Gasteiger partial charge in [-0.15, -0.1) is 0 Å². The van der Waals surface area contributed by atoms with Gasteiger partial charge >= 0.3 is 6.18 Å². The maximum Gasteiger partial charge on any atom is 0.390 e. The van der Waals surface area contributed by atoms with E-state index in [0.717, 1.165) is 0 Å². The summed E-state index contributed by atoms with van der Waals surface area (Å²) in [6.07, 6.45) is -3.96. The number of nitrogens with one attached hydrogen (secondary N) is 2. The van der Waals surface area contributed by atoms with Crippen molar-refractivity contribution in [1.29, 1.82) is 0 Å². The number of carbonyl (C=O) groups is 1. The second-order valence-electron chi connectivity index (χ2n) is 6.62. The summed E-state index contributed by atoms with van der Waals surface area (Å²) in [5, 5.41) is 2.81. The number of halogens is 4. The van der Waals surface area contributed by atoms with Crippen molar-refractivity contribution in [2.75, 3.05) is 24.5 Å². The number of hydrogen-bond donors (Lipinski definition) is 1. The number of anilines is 1. The van der Waals surface area contributed by atoms with Gasteiger partial charge in [-0.3, -0.25) is 10.5 Å². The molecule has 3 heterocycles. The lowest BCUT2D eigenvalue weighted by Gasteiger charge is -2.35. The summed E-state index contributed by atoms with van der Waals surface area (Å²) in [6, 6.07) is 4.78. The van der Waals surface area contributed by atoms with E-state index in [2.05, 4.69) is 21.9 Å². The van der Waals surface area contributed by atoms with Gasteiger partial charge in [0.2, 0.25) is 5.78 Å². The molecule has 1 radical (unpaired) electrons. The van der Waals surface area contributed by atoms with Crippen LogP contribution >= 0.6 is 0 Å². The first kappa shape index (κ1) is 20.7. The van der Waals surface area contributed by atoms with Gasteiger partial charge in [0.05, 0.1) is 12.0 Å². The zero-order valence-electron chi connectivity index (χ0n) is 15.3. The first-order valence-electron chi connectivity index (χ1n) is 8.78. The highest BCUT2D eigenvalue weighted by Gasteiger charge is 2.34. The highest BCUT2D eigenvalue weighted by molar-refractivity contribution is 6.12. The van der Waals surface area contributed by atoms with Crippen molar-refractivity contribution in [3.8, 4) is 0 Å². The number of carbonyl (C=O) groups excluding carboxylic acids is 1. The first-order valence-corrected chi connectivity index (χ1v) is 8.78. The largest absolute Gasteiger partial charge is 0.390 e. The number of piperazine rings is 1. The number of alkyl halides is 3. The third-order valence-corrected chi connectivity index (χ3v) is 4.50. The molecule has 0 amide bonds. The molecule has 1 unspecified atom stereocenters. The number of hydrogen-bond acceptors (Lipinski definition) is 5. The lowest BCUT2D eigenvalue weighted by atomic mass is 10.0. The molecule has 29 heavy (non-hydrogen) atoms. The number of rotatable bonds is 5. The van der Waals surface area contributed by atoms with Crippen molar-refractivity contribution >= 4 is 23.2 Å². The van der Waals surface area contributed by atoms with E-state index >= 15 is 0 Å². The van der Waals surface area contributed by atoms with Crippen molar-refractivity contribution in [2.24, 2.45) is 0 Å². The third kappa shape index (κ3) is 4.89. The minimum atomic E-state index is -4.31. The van der Waals surface area contributed by atoms with E-state index in [0.29, 0.717) is 13.1 Å². The van der Waals surface area contributed by atoms with Crippen molar-refractivity contribution in [3.63, 3.8) is 0 Å². The number of aromatic nitrogens is 2. The van der Waals surface area contributed by atoms with E-state index in [-0.39, 0.29) is 35.0 Å². The van der Waals surface area contributed by atoms with E-state index < -0.39 is 30.2 Å². The molecule has 10 heteroatoms. The van der Waals surface area contributed by atoms with Gasteiger partial charge in [-0.2, -0.15) is 13.2 Å². The molecule has 0 aliphatic carbocycles. The predicted molar refractivity (Wildman–Crippen MR) is 99.5 cm³/mol. The van der Waals surface area contributed by atoms with E-state index in [9.17, 15) is 22.4 Å². The van der Waals surface area contributed by atoms with Gasteiger partial charge in [0.15, 0.2) is 5.82 Å². The van der Waals surface area contributed by atoms with Gasteiger partial charge in [0.25, 0.3) is 0 Å². The second kappa shape index (κ2) is 8.16. The van der Waals surface area contributed by atoms with Gasteiger partial charge in [-0.25, -0.2) is 14.4 Å². The van der Waals surface area contributed by atoms with Crippen LogP contribution in [0.1, 0.15) is 28.0 Å². The van der Waals surface area contributed by atoms with Crippen LogP contribution in [0.2, 0.25) is 0 Å². The van der Waals surface area contributed by atoms with E-state index in [1.807, 2.05) is 0 Å². The molecule has 2 aromatic heterocycles. The van der Waals surface area contributed by atoms with Crippen molar-refractivity contribution < 1.29 is 22.4 Å². The SMILES string of the molecule is C=C(F)c1ccc(N2CCNC(CC(F)(F)F)C2)nc1C(=O)c1cccnc1[NH]. The molecule has 2 N–H and O–H groups in total. The molecule has 153 valence electrons. The maximum atomic E-state index is 13.9. The first-order chi connectivity index (χ1) is 13.7. The predicted octanol–water partition coefficient (Wildman–Crippen LogP) is 3.29. The van der Waals surface area contributed by atoms with Crippen LogP contribution in [0.15, 0.2) is 37.0 Å². The van der Waals surface area contributed by atoms with Crippen LogP contribution in [-0.4, -0.2) is 47.6 Å². The van der Waals surface area contributed by atoms with Crippen LogP contribution in [0.5, 0.6) is 0 Å². The van der Waals surface area contributed by atoms with Crippen molar-refractivity contribution in [3.05, 3.63) is 53.9 Å². The number of nitrogens with zero attached hydrogens (tertiary/aromatic N) is 3. The quantitative estimate of drug-likeness (QED) is 0.607. The molecule has 0 bridgehead atoms. The van der Waals surface area contributed by atoms with Crippen LogP contribution in [0.25, 0.3) is 5.83 Å². The molecule has 3 rings (SSSR count). The number of ketones is 1. The number of pyridine rings is 2. The standard InChI is InChI=1S/C19H18F4N5O/c1-11(20)13-4-5-15(28-8-7-25-12(10-28)9-19(21,22)23)27-16(13)17(29)14-3-2-6-26-18(14)24/h2-6,12,24-25H,1,7-10H2. The minimum absolute atomic E-state index is 0.0344. The molecule has 1 fully saturated rings. The Hall–Kier alpha value is -3.01. The Morgan fingerprint density at radius 3 is 2.72 bits per heavy atom. The zero-order chi connectivity index (χ0) is 21.2. The van der Waals surface area contributed by atoms with Crippen LogP contribution in [0.4, 0.5) is 29.2 Å². The summed E-state index contributed by atoms with van der Waals surface area (Å²) in [6.45, 7) is 3.93. The molecule has 1 atom stereocenters. The molecule has 0 aromatic carbocycles. The lowest BCUT2D eigenvalue weighted by Crippen LogP contribution is -2.52.